The average Bonchev–Trinajstić information content (AvgIpc) is 2.44. The Bertz CT molecular complexity index is 458. The largest absolute Gasteiger partial charge is 0.480 e. The summed E-state index contributed by atoms with van der Waals surface area (Å²) in [6.45, 7) is 7.69. The zero-order valence-electron chi connectivity index (χ0n) is 13.9. The minimum Gasteiger partial charge on any atom is -0.480 e. The maximum absolute atomic E-state index is 12.2. The molecular weight excluding hydrogens is 264 g/mol. The van der Waals surface area contributed by atoms with Gasteiger partial charge in [0.05, 0.1) is 0 Å². The van der Waals surface area contributed by atoms with Gasteiger partial charge in [0.2, 0.25) is 0 Å². The highest BCUT2D eigenvalue weighted by molar-refractivity contribution is 5.81. The van der Waals surface area contributed by atoms with E-state index in [4.69, 9.17) is 4.74 Å². The van der Waals surface area contributed by atoms with E-state index in [9.17, 15) is 4.79 Å². The number of rotatable bonds is 8. The van der Waals surface area contributed by atoms with Gasteiger partial charge in [-0.25, -0.2) is 0 Å². The molecule has 1 amide bonds. The lowest BCUT2D eigenvalue weighted by Crippen LogP contribution is -2.39. The topological polar surface area (TPSA) is 41.6 Å². The van der Waals surface area contributed by atoms with Crippen LogP contribution in [0.4, 0.5) is 0 Å². The van der Waals surface area contributed by atoms with Crippen LogP contribution in [0.1, 0.15) is 30.9 Å². The van der Waals surface area contributed by atoms with E-state index in [0.29, 0.717) is 13.0 Å². The number of hydrogen-bond donors (Lipinski definition) is 1. The summed E-state index contributed by atoms with van der Waals surface area (Å²) < 4.78 is 5.89. The maximum Gasteiger partial charge on any atom is 0.261 e. The van der Waals surface area contributed by atoms with Gasteiger partial charge in [0.15, 0.2) is 6.10 Å². The summed E-state index contributed by atoms with van der Waals surface area (Å²) >= 11 is 0. The first-order valence-corrected chi connectivity index (χ1v) is 7.61. The Hall–Kier alpha value is -1.55. The molecule has 0 aliphatic rings. The number of nitrogens with one attached hydrogen (secondary N) is 1. The Kier molecular flexibility index (Phi) is 7.23. The molecule has 118 valence electrons. The highest BCUT2D eigenvalue weighted by Gasteiger charge is 2.18. The van der Waals surface area contributed by atoms with E-state index in [1.165, 1.54) is 5.56 Å². The van der Waals surface area contributed by atoms with Gasteiger partial charge in [0.25, 0.3) is 5.91 Å². The Morgan fingerprint density at radius 1 is 1.33 bits per heavy atom. The van der Waals surface area contributed by atoms with Gasteiger partial charge in [-0.3, -0.25) is 4.79 Å². The second kappa shape index (κ2) is 8.67. The summed E-state index contributed by atoms with van der Waals surface area (Å²) in [6, 6.07) is 5.92. The van der Waals surface area contributed by atoms with Crippen LogP contribution in [0.25, 0.3) is 0 Å². The molecule has 0 spiro atoms. The highest BCUT2D eigenvalue weighted by atomic mass is 16.5. The van der Waals surface area contributed by atoms with Gasteiger partial charge in [-0.2, -0.15) is 0 Å². The molecule has 0 aliphatic heterocycles. The van der Waals surface area contributed by atoms with Crippen molar-refractivity contribution in [3.05, 3.63) is 29.3 Å². The van der Waals surface area contributed by atoms with E-state index in [1.54, 1.807) is 0 Å². The van der Waals surface area contributed by atoms with Crippen molar-refractivity contribution < 1.29 is 9.53 Å². The van der Waals surface area contributed by atoms with Crippen molar-refractivity contribution in [2.24, 2.45) is 0 Å². The van der Waals surface area contributed by atoms with Crippen LogP contribution in [0.2, 0.25) is 0 Å². The molecule has 0 heterocycles. The van der Waals surface area contributed by atoms with Crippen LogP contribution in [-0.4, -0.2) is 44.1 Å². The van der Waals surface area contributed by atoms with Crippen molar-refractivity contribution in [2.75, 3.05) is 27.2 Å². The SMILES string of the molecule is CC[C@H](Oc1cccc(C)c1C)C(=O)NCCCN(C)C. The fourth-order valence-electron chi connectivity index (χ4n) is 2.05. The molecule has 1 atom stereocenters. The lowest BCUT2D eigenvalue weighted by Gasteiger charge is -2.19. The molecule has 0 fully saturated rings. The molecule has 0 aliphatic carbocycles. The van der Waals surface area contributed by atoms with Crippen LogP contribution in [-0.2, 0) is 4.79 Å². The van der Waals surface area contributed by atoms with Gasteiger partial charge in [0.1, 0.15) is 5.75 Å². The number of aryl methyl sites for hydroxylation is 1. The van der Waals surface area contributed by atoms with Crippen molar-refractivity contribution in [3.8, 4) is 5.75 Å². The third kappa shape index (κ3) is 5.76. The standard InChI is InChI=1S/C17H28N2O2/c1-6-15(17(20)18-11-8-12-19(4)5)21-16-10-7-9-13(2)14(16)3/h7,9-10,15H,6,8,11-12H2,1-5H3,(H,18,20)/t15-/m0/s1. The predicted octanol–water partition coefficient (Wildman–Crippen LogP) is 2.53. The fraction of sp³-hybridized carbons (Fsp3) is 0.588. The zero-order chi connectivity index (χ0) is 15.8. The van der Waals surface area contributed by atoms with Crippen LogP contribution in [0.5, 0.6) is 5.75 Å². The molecule has 1 aromatic carbocycles. The van der Waals surface area contributed by atoms with Crippen LogP contribution in [0, 0.1) is 13.8 Å². The fourth-order valence-corrected chi connectivity index (χ4v) is 2.05. The van der Waals surface area contributed by atoms with Gasteiger partial charge < -0.3 is 15.0 Å². The van der Waals surface area contributed by atoms with Gasteiger partial charge >= 0.3 is 0 Å². The van der Waals surface area contributed by atoms with Gasteiger partial charge in [0, 0.05) is 6.54 Å². The van der Waals surface area contributed by atoms with Crippen LogP contribution in [0.15, 0.2) is 18.2 Å². The van der Waals surface area contributed by atoms with E-state index < -0.39 is 6.10 Å². The molecule has 4 heteroatoms. The molecule has 0 saturated carbocycles. The van der Waals surface area contributed by atoms with Crippen LogP contribution in [0.3, 0.4) is 0 Å². The number of carbonyl (C=O) groups is 1. The minimum atomic E-state index is -0.426. The van der Waals surface area contributed by atoms with Crippen LogP contribution >= 0.6 is 0 Å². The molecule has 0 unspecified atom stereocenters. The molecule has 21 heavy (non-hydrogen) atoms. The second-order valence-corrected chi connectivity index (χ2v) is 5.66. The third-order valence-corrected chi connectivity index (χ3v) is 3.57. The molecule has 1 N–H and O–H groups in total. The summed E-state index contributed by atoms with van der Waals surface area (Å²) in [4.78, 5) is 14.3. The molecule has 4 nitrogen and oxygen atoms in total. The highest BCUT2D eigenvalue weighted by Crippen LogP contribution is 2.22. The van der Waals surface area contributed by atoms with Gasteiger partial charge in [-0.05, 0) is 64.5 Å². The molecule has 0 saturated heterocycles. The first kappa shape index (κ1) is 17.5. The molecule has 1 rings (SSSR count). The van der Waals surface area contributed by atoms with E-state index in [2.05, 4.69) is 10.2 Å². The van der Waals surface area contributed by atoms with Crippen molar-refractivity contribution in [1.82, 2.24) is 10.2 Å². The molecular formula is C17H28N2O2. The van der Waals surface area contributed by atoms with Gasteiger partial charge in [-0.1, -0.05) is 19.1 Å². The quantitative estimate of drug-likeness (QED) is 0.749. The Balaban J connectivity index is 2.54. The summed E-state index contributed by atoms with van der Waals surface area (Å²) in [5, 5.41) is 2.95. The molecule has 0 radical (unpaired) electrons. The number of nitrogens with zero attached hydrogens (tertiary/aromatic N) is 1. The van der Waals surface area contributed by atoms with Crippen molar-refractivity contribution in [1.29, 1.82) is 0 Å². The normalized spacial score (nSPS) is 12.3. The monoisotopic (exact) mass is 292 g/mol. The zero-order valence-corrected chi connectivity index (χ0v) is 13.9. The van der Waals surface area contributed by atoms with Crippen molar-refractivity contribution in [2.45, 2.75) is 39.7 Å². The van der Waals surface area contributed by atoms with Crippen molar-refractivity contribution >= 4 is 5.91 Å². The van der Waals surface area contributed by atoms with E-state index in [0.717, 1.165) is 24.3 Å². The predicted molar refractivity (Wildman–Crippen MR) is 86.8 cm³/mol. The Morgan fingerprint density at radius 3 is 2.67 bits per heavy atom. The Labute approximate surface area is 128 Å². The summed E-state index contributed by atoms with van der Waals surface area (Å²) in [7, 11) is 4.06. The molecule has 0 bridgehead atoms. The van der Waals surface area contributed by atoms with Crippen molar-refractivity contribution in [3.63, 3.8) is 0 Å². The van der Waals surface area contributed by atoms with E-state index in [-0.39, 0.29) is 5.91 Å². The number of benzene rings is 1. The smallest absolute Gasteiger partial charge is 0.261 e. The summed E-state index contributed by atoms with van der Waals surface area (Å²) in [5.41, 5.74) is 2.27. The molecule has 1 aromatic rings. The lowest BCUT2D eigenvalue weighted by atomic mass is 10.1. The van der Waals surface area contributed by atoms with Gasteiger partial charge in [-0.15, -0.1) is 0 Å². The number of carbonyl (C=O) groups excluding carboxylic acids is 1. The lowest BCUT2D eigenvalue weighted by molar-refractivity contribution is -0.128. The molecule has 0 aromatic heterocycles. The average molecular weight is 292 g/mol. The third-order valence-electron chi connectivity index (χ3n) is 3.57. The Morgan fingerprint density at radius 2 is 2.05 bits per heavy atom. The first-order valence-electron chi connectivity index (χ1n) is 7.61. The number of amides is 1. The summed E-state index contributed by atoms with van der Waals surface area (Å²) in [5.74, 6) is 0.766. The maximum atomic E-state index is 12.2. The summed E-state index contributed by atoms with van der Waals surface area (Å²) in [6.07, 6.45) is 1.18. The number of hydrogen-bond acceptors (Lipinski definition) is 3. The second-order valence-electron chi connectivity index (χ2n) is 5.66. The minimum absolute atomic E-state index is 0.0304. The number of ether oxygens (including phenoxy) is 1. The van der Waals surface area contributed by atoms with Crippen LogP contribution < -0.4 is 10.1 Å². The first-order chi connectivity index (χ1) is 9.95. The van der Waals surface area contributed by atoms with E-state index in [1.807, 2.05) is 53.1 Å². The van der Waals surface area contributed by atoms with E-state index >= 15 is 0 Å².